The number of para-hydroxylation sites is 1. The van der Waals surface area contributed by atoms with Crippen molar-refractivity contribution in [2.45, 2.75) is 6.54 Å². The van der Waals surface area contributed by atoms with Crippen molar-refractivity contribution in [2.75, 3.05) is 14.1 Å². The molecule has 0 saturated carbocycles. The van der Waals surface area contributed by atoms with Gasteiger partial charge >= 0.3 is 11.3 Å². The molecular weight excluding hydrogens is 346 g/mol. The van der Waals surface area contributed by atoms with E-state index >= 15 is 0 Å². The smallest absolute Gasteiger partial charge is 0.344 e. The van der Waals surface area contributed by atoms with Gasteiger partial charge in [-0.15, -0.1) is 0 Å². The van der Waals surface area contributed by atoms with Gasteiger partial charge in [-0.1, -0.05) is 18.2 Å². The van der Waals surface area contributed by atoms with Crippen molar-refractivity contribution in [3.63, 3.8) is 0 Å². The van der Waals surface area contributed by atoms with Crippen LogP contribution in [0.15, 0.2) is 67.0 Å². The maximum absolute atomic E-state index is 12.6. The molecule has 0 spiro atoms. The SMILES string of the molecule is C[NH+](C)Cc1c(O)ccc2c(-c3cc4ccccc4oc3=O)cc(=O)oc12. The van der Waals surface area contributed by atoms with Crippen molar-refractivity contribution in [3.05, 3.63) is 74.9 Å². The molecule has 2 N–H and O–H groups in total. The lowest BCUT2D eigenvalue weighted by atomic mass is 10.00. The van der Waals surface area contributed by atoms with Crippen molar-refractivity contribution in [3.8, 4) is 16.9 Å². The molecule has 0 bridgehead atoms. The predicted octanol–water partition coefficient (Wildman–Crippen LogP) is 1.92. The maximum atomic E-state index is 12.6. The fourth-order valence-electron chi connectivity index (χ4n) is 3.27. The first-order chi connectivity index (χ1) is 12.9. The van der Waals surface area contributed by atoms with E-state index in [9.17, 15) is 14.7 Å². The topological polar surface area (TPSA) is 85.1 Å². The molecule has 0 aliphatic carbocycles. The van der Waals surface area contributed by atoms with Gasteiger partial charge in [0.1, 0.15) is 17.9 Å². The molecule has 2 heterocycles. The Labute approximate surface area is 153 Å². The molecule has 2 aromatic heterocycles. The molecule has 0 saturated heterocycles. The van der Waals surface area contributed by atoms with Gasteiger partial charge in [0.25, 0.3) is 0 Å². The third kappa shape index (κ3) is 3.00. The largest absolute Gasteiger partial charge is 0.507 e. The second-order valence-electron chi connectivity index (χ2n) is 6.79. The van der Waals surface area contributed by atoms with E-state index in [0.717, 1.165) is 10.3 Å². The number of fused-ring (bicyclic) bond motifs is 2. The van der Waals surface area contributed by atoms with Gasteiger partial charge < -0.3 is 18.8 Å². The van der Waals surface area contributed by atoms with E-state index < -0.39 is 11.3 Å². The van der Waals surface area contributed by atoms with E-state index in [-0.39, 0.29) is 16.9 Å². The highest BCUT2D eigenvalue weighted by Crippen LogP contribution is 2.32. The number of phenols is 1. The fourth-order valence-corrected chi connectivity index (χ4v) is 3.27. The summed E-state index contributed by atoms with van der Waals surface area (Å²) in [5, 5.41) is 11.6. The first kappa shape index (κ1) is 17.1. The van der Waals surface area contributed by atoms with E-state index in [0.29, 0.717) is 28.6 Å². The Morgan fingerprint density at radius 2 is 1.74 bits per heavy atom. The summed E-state index contributed by atoms with van der Waals surface area (Å²) in [6.45, 7) is 0.460. The van der Waals surface area contributed by atoms with Crippen LogP contribution in [0.25, 0.3) is 33.1 Å². The molecule has 0 fully saturated rings. The second kappa shape index (κ2) is 6.41. The first-order valence-corrected chi connectivity index (χ1v) is 8.55. The Morgan fingerprint density at radius 1 is 0.963 bits per heavy atom. The highest BCUT2D eigenvalue weighted by Gasteiger charge is 2.19. The van der Waals surface area contributed by atoms with Crippen LogP contribution in [-0.2, 0) is 6.54 Å². The molecule has 4 aromatic rings. The van der Waals surface area contributed by atoms with Crippen LogP contribution in [0.5, 0.6) is 5.75 Å². The molecule has 0 radical (unpaired) electrons. The average Bonchev–Trinajstić information content (AvgIpc) is 2.63. The Hall–Kier alpha value is -3.38. The quantitative estimate of drug-likeness (QED) is 0.543. The minimum absolute atomic E-state index is 0.0505. The van der Waals surface area contributed by atoms with Gasteiger partial charge in [-0.05, 0) is 24.3 Å². The molecular formula is C21H18NO5+. The van der Waals surface area contributed by atoms with E-state index in [1.807, 2.05) is 26.2 Å². The van der Waals surface area contributed by atoms with Crippen LogP contribution < -0.4 is 16.2 Å². The number of rotatable bonds is 3. The van der Waals surface area contributed by atoms with Gasteiger partial charge in [0.15, 0.2) is 5.58 Å². The first-order valence-electron chi connectivity index (χ1n) is 8.55. The third-order valence-corrected chi connectivity index (χ3v) is 4.45. The fraction of sp³-hybridized carbons (Fsp3) is 0.143. The molecule has 4 rings (SSSR count). The molecule has 0 atom stereocenters. The van der Waals surface area contributed by atoms with Crippen molar-refractivity contribution < 1.29 is 18.8 Å². The Bertz CT molecular complexity index is 1280. The van der Waals surface area contributed by atoms with Crippen molar-refractivity contribution in [1.82, 2.24) is 0 Å². The highest BCUT2D eigenvalue weighted by molar-refractivity contribution is 5.96. The summed E-state index contributed by atoms with van der Waals surface area (Å²) in [7, 11) is 3.86. The monoisotopic (exact) mass is 364 g/mol. The van der Waals surface area contributed by atoms with E-state index in [1.54, 1.807) is 30.3 Å². The van der Waals surface area contributed by atoms with Gasteiger partial charge in [-0.25, -0.2) is 9.59 Å². The average molecular weight is 364 g/mol. The standard InChI is InChI=1S/C21H17NO5/c1-22(2)11-16-17(23)8-7-13-14(10-19(24)27-20(13)16)15-9-12-5-3-4-6-18(12)26-21(15)25/h3-10,23H,11H2,1-2H3/p+1. The van der Waals surface area contributed by atoms with Gasteiger partial charge in [0, 0.05) is 22.4 Å². The molecule has 136 valence electrons. The molecule has 2 aromatic carbocycles. The lowest BCUT2D eigenvalue weighted by molar-refractivity contribution is -0.872. The molecule has 6 nitrogen and oxygen atoms in total. The minimum Gasteiger partial charge on any atom is -0.507 e. The van der Waals surface area contributed by atoms with Crippen LogP contribution >= 0.6 is 0 Å². The van der Waals surface area contributed by atoms with Gasteiger partial charge in [0.2, 0.25) is 0 Å². The summed E-state index contributed by atoms with van der Waals surface area (Å²) in [6, 6.07) is 13.4. The Morgan fingerprint density at radius 3 is 2.52 bits per heavy atom. The normalized spacial score (nSPS) is 11.5. The van der Waals surface area contributed by atoms with Gasteiger partial charge in [-0.3, -0.25) is 0 Å². The molecule has 0 unspecified atom stereocenters. The van der Waals surface area contributed by atoms with Crippen LogP contribution in [0.1, 0.15) is 5.56 Å². The number of quaternary nitrogens is 1. The molecule has 0 amide bonds. The van der Waals surface area contributed by atoms with Gasteiger partial charge in [-0.2, -0.15) is 0 Å². The van der Waals surface area contributed by atoms with Crippen LogP contribution in [-0.4, -0.2) is 19.2 Å². The van der Waals surface area contributed by atoms with Crippen LogP contribution in [0.4, 0.5) is 0 Å². The summed E-state index contributed by atoms with van der Waals surface area (Å²) >= 11 is 0. The van der Waals surface area contributed by atoms with Crippen LogP contribution in [0.3, 0.4) is 0 Å². The molecule has 6 heteroatoms. The number of benzene rings is 2. The number of hydrogen-bond donors (Lipinski definition) is 2. The lowest BCUT2D eigenvalue weighted by Crippen LogP contribution is -3.04. The highest BCUT2D eigenvalue weighted by atomic mass is 16.4. The maximum Gasteiger partial charge on any atom is 0.344 e. The van der Waals surface area contributed by atoms with Crippen LogP contribution in [0.2, 0.25) is 0 Å². The predicted molar refractivity (Wildman–Crippen MR) is 102 cm³/mol. The van der Waals surface area contributed by atoms with E-state index in [2.05, 4.69) is 0 Å². The second-order valence-corrected chi connectivity index (χ2v) is 6.79. The number of aromatic hydroxyl groups is 1. The zero-order valence-electron chi connectivity index (χ0n) is 14.9. The number of nitrogens with one attached hydrogen (secondary N) is 1. The summed E-state index contributed by atoms with van der Waals surface area (Å²) in [6.07, 6.45) is 0. The summed E-state index contributed by atoms with van der Waals surface area (Å²) < 4.78 is 10.8. The van der Waals surface area contributed by atoms with E-state index in [4.69, 9.17) is 8.83 Å². The summed E-state index contributed by atoms with van der Waals surface area (Å²) in [4.78, 5) is 25.8. The molecule has 27 heavy (non-hydrogen) atoms. The minimum atomic E-state index is -0.592. The number of hydrogen-bond acceptors (Lipinski definition) is 5. The molecule has 0 aliphatic rings. The van der Waals surface area contributed by atoms with Crippen molar-refractivity contribution in [1.29, 1.82) is 0 Å². The third-order valence-electron chi connectivity index (χ3n) is 4.45. The molecule has 0 aliphatic heterocycles. The zero-order valence-corrected chi connectivity index (χ0v) is 14.9. The van der Waals surface area contributed by atoms with Crippen molar-refractivity contribution in [2.24, 2.45) is 0 Å². The van der Waals surface area contributed by atoms with Gasteiger partial charge in [0.05, 0.1) is 25.2 Å². The van der Waals surface area contributed by atoms with E-state index in [1.165, 1.54) is 6.07 Å². The lowest BCUT2D eigenvalue weighted by Gasteiger charge is -2.12. The zero-order chi connectivity index (χ0) is 19.1. The summed E-state index contributed by atoms with van der Waals surface area (Å²) in [5.41, 5.74) is 0.867. The van der Waals surface area contributed by atoms with Crippen LogP contribution in [0, 0.1) is 0 Å². The Kier molecular flexibility index (Phi) is 4.05. The number of phenolic OH excluding ortho intramolecular Hbond substituents is 1. The Balaban J connectivity index is 2.07. The summed E-state index contributed by atoms with van der Waals surface area (Å²) in [5.74, 6) is 0.0505. The van der Waals surface area contributed by atoms with Crippen molar-refractivity contribution >= 4 is 21.9 Å².